The Hall–Kier alpha value is -1.72. The number of nitrogens with two attached hydrogens (primary N) is 1. The average Bonchev–Trinajstić information content (AvgIpc) is 2.97. The summed E-state index contributed by atoms with van der Waals surface area (Å²) in [6, 6.07) is 5.76. The highest BCUT2D eigenvalue weighted by atomic mass is 32.1. The minimum absolute atomic E-state index is 0.428. The second-order valence-corrected chi connectivity index (χ2v) is 4.73. The Morgan fingerprint density at radius 3 is 2.26 bits per heavy atom. The summed E-state index contributed by atoms with van der Waals surface area (Å²) in [7, 11) is 3.21. The zero-order valence-electron chi connectivity index (χ0n) is 11.0. The van der Waals surface area contributed by atoms with Crippen molar-refractivity contribution >= 4 is 11.3 Å². The van der Waals surface area contributed by atoms with Crippen LogP contribution in [-0.2, 0) is 13.2 Å². The Morgan fingerprint density at radius 1 is 1.11 bits per heavy atom. The Balaban J connectivity index is 2.26. The predicted molar refractivity (Wildman–Crippen MR) is 76.1 cm³/mol. The van der Waals surface area contributed by atoms with Crippen molar-refractivity contribution in [3.63, 3.8) is 0 Å². The molecule has 102 valence electrons. The van der Waals surface area contributed by atoms with Gasteiger partial charge in [0.05, 0.1) is 14.2 Å². The topological polar surface area (TPSA) is 53.7 Å². The lowest BCUT2D eigenvalue weighted by Crippen LogP contribution is -2.02. The fraction of sp³-hybridized carbons (Fsp3) is 0.286. The fourth-order valence-electron chi connectivity index (χ4n) is 1.72. The Morgan fingerprint density at radius 2 is 1.79 bits per heavy atom. The lowest BCUT2D eigenvalue weighted by Gasteiger charge is -2.15. The van der Waals surface area contributed by atoms with Crippen LogP contribution in [0.2, 0.25) is 0 Å². The van der Waals surface area contributed by atoms with E-state index in [4.69, 9.17) is 19.9 Å². The molecule has 0 saturated heterocycles. The van der Waals surface area contributed by atoms with Crippen molar-refractivity contribution in [2.24, 2.45) is 5.73 Å². The summed E-state index contributed by atoms with van der Waals surface area (Å²) in [6.07, 6.45) is 0. The van der Waals surface area contributed by atoms with Crippen molar-refractivity contribution < 1.29 is 14.2 Å². The average molecular weight is 279 g/mol. The number of ether oxygens (including phenoxy) is 3. The van der Waals surface area contributed by atoms with E-state index in [0.717, 1.165) is 11.1 Å². The summed E-state index contributed by atoms with van der Waals surface area (Å²) < 4.78 is 16.5. The molecule has 2 N–H and O–H groups in total. The molecular formula is C14H17NO3S. The molecule has 0 aliphatic carbocycles. The number of thiophene rings is 1. The van der Waals surface area contributed by atoms with E-state index in [9.17, 15) is 0 Å². The van der Waals surface area contributed by atoms with E-state index >= 15 is 0 Å². The third-order valence-corrected chi connectivity index (χ3v) is 3.45. The summed E-state index contributed by atoms with van der Waals surface area (Å²) in [6.45, 7) is 0.912. The first kappa shape index (κ1) is 13.7. The third-order valence-electron chi connectivity index (χ3n) is 2.72. The summed E-state index contributed by atoms with van der Waals surface area (Å²) in [5, 5.41) is 4.07. The molecule has 0 bridgehead atoms. The first-order chi connectivity index (χ1) is 9.28. The molecule has 2 aromatic rings. The van der Waals surface area contributed by atoms with Crippen LogP contribution in [0.1, 0.15) is 11.1 Å². The molecule has 0 saturated carbocycles. The Kier molecular flexibility index (Phi) is 4.65. The minimum Gasteiger partial charge on any atom is -0.493 e. The summed E-state index contributed by atoms with van der Waals surface area (Å²) in [5.41, 5.74) is 7.71. The highest BCUT2D eigenvalue weighted by molar-refractivity contribution is 7.07. The highest BCUT2D eigenvalue weighted by Gasteiger charge is 2.14. The molecule has 5 heteroatoms. The molecule has 0 unspecified atom stereocenters. The largest absolute Gasteiger partial charge is 0.493 e. The van der Waals surface area contributed by atoms with Gasteiger partial charge in [0.15, 0.2) is 11.5 Å². The zero-order valence-corrected chi connectivity index (χ0v) is 11.8. The van der Waals surface area contributed by atoms with Crippen molar-refractivity contribution in [3.8, 4) is 17.2 Å². The summed E-state index contributed by atoms with van der Waals surface area (Å²) in [5.74, 6) is 1.87. The third kappa shape index (κ3) is 3.19. The maximum atomic E-state index is 5.81. The van der Waals surface area contributed by atoms with Crippen LogP contribution < -0.4 is 19.9 Å². The van der Waals surface area contributed by atoms with Crippen LogP contribution in [0, 0.1) is 0 Å². The van der Waals surface area contributed by atoms with Gasteiger partial charge in [-0.25, -0.2) is 0 Å². The van der Waals surface area contributed by atoms with Gasteiger partial charge in [-0.1, -0.05) is 0 Å². The molecule has 0 spiro atoms. The van der Waals surface area contributed by atoms with Crippen molar-refractivity contribution in [2.75, 3.05) is 14.2 Å². The molecule has 1 aromatic carbocycles. The SMILES string of the molecule is COc1cc(CN)cc(OC)c1OCc1ccsc1. The second kappa shape index (κ2) is 6.45. The molecular weight excluding hydrogens is 262 g/mol. The minimum atomic E-state index is 0.428. The van der Waals surface area contributed by atoms with E-state index in [1.165, 1.54) is 0 Å². The molecule has 1 heterocycles. The van der Waals surface area contributed by atoms with Crippen LogP contribution in [0.3, 0.4) is 0 Å². The normalized spacial score (nSPS) is 10.3. The lowest BCUT2D eigenvalue weighted by atomic mass is 10.2. The molecule has 0 aliphatic heterocycles. The monoisotopic (exact) mass is 279 g/mol. The van der Waals surface area contributed by atoms with Crippen molar-refractivity contribution in [1.82, 2.24) is 0 Å². The Bertz CT molecular complexity index is 500. The first-order valence-electron chi connectivity index (χ1n) is 5.87. The van der Waals surface area contributed by atoms with E-state index in [-0.39, 0.29) is 0 Å². The van der Waals surface area contributed by atoms with Gasteiger partial charge in [-0.3, -0.25) is 0 Å². The van der Waals surface area contributed by atoms with E-state index in [1.807, 2.05) is 29.0 Å². The zero-order chi connectivity index (χ0) is 13.7. The molecule has 0 fully saturated rings. The van der Waals surface area contributed by atoms with E-state index in [0.29, 0.717) is 30.4 Å². The van der Waals surface area contributed by atoms with E-state index < -0.39 is 0 Å². The summed E-state index contributed by atoms with van der Waals surface area (Å²) >= 11 is 1.64. The van der Waals surface area contributed by atoms with Crippen LogP contribution >= 0.6 is 11.3 Å². The van der Waals surface area contributed by atoms with Gasteiger partial charge in [-0.05, 0) is 40.1 Å². The van der Waals surface area contributed by atoms with Crippen LogP contribution in [0.4, 0.5) is 0 Å². The number of benzene rings is 1. The molecule has 0 aliphatic rings. The van der Waals surface area contributed by atoms with Gasteiger partial charge >= 0.3 is 0 Å². The molecule has 0 radical (unpaired) electrons. The molecule has 4 nitrogen and oxygen atoms in total. The molecule has 1 aromatic heterocycles. The van der Waals surface area contributed by atoms with Gasteiger partial charge in [0.2, 0.25) is 5.75 Å². The lowest BCUT2D eigenvalue weighted by molar-refractivity contribution is 0.266. The highest BCUT2D eigenvalue weighted by Crippen LogP contribution is 2.39. The Labute approximate surface area is 116 Å². The van der Waals surface area contributed by atoms with Crippen molar-refractivity contribution in [3.05, 3.63) is 40.1 Å². The van der Waals surface area contributed by atoms with Crippen molar-refractivity contribution in [2.45, 2.75) is 13.2 Å². The van der Waals surface area contributed by atoms with Crippen LogP contribution in [0.5, 0.6) is 17.2 Å². The van der Waals surface area contributed by atoms with Gasteiger partial charge in [-0.15, -0.1) is 0 Å². The standard InChI is InChI=1S/C14H17NO3S/c1-16-12-5-11(7-15)6-13(17-2)14(12)18-8-10-3-4-19-9-10/h3-6,9H,7-8,15H2,1-2H3. The molecule has 2 rings (SSSR count). The van der Waals surface area contributed by atoms with Gasteiger partial charge in [0, 0.05) is 6.54 Å². The fourth-order valence-corrected chi connectivity index (χ4v) is 2.38. The number of rotatable bonds is 6. The van der Waals surface area contributed by atoms with E-state index in [2.05, 4.69) is 0 Å². The van der Waals surface area contributed by atoms with Gasteiger partial charge in [0.25, 0.3) is 0 Å². The van der Waals surface area contributed by atoms with E-state index in [1.54, 1.807) is 25.6 Å². The molecule has 0 atom stereocenters. The van der Waals surface area contributed by atoms with Crippen LogP contribution in [-0.4, -0.2) is 14.2 Å². The number of methoxy groups -OCH3 is 2. The number of hydrogen-bond acceptors (Lipinski definition) is 5. The van der Waals surface area contributed by atoms with Gasteiger partial charge in [-0.2, -0.15) is 11.3 Å². The maximum Gasteiger partial charge on any atom is 0.203 e. The second-order valence-electron chi connectivity index (χ2n) is 3.95. The van der Waals surface area contributed by atoms with Gasteiger partial charge in [0.1, 0.15) is 6.61 Å². The first-order valence-corrected chi connectivity index (χ1v) is 6.81. The van der Waals surface area contributed by atoms with Crippen LogP contribution in [0.15, 0.2) is 29.0 Å². The smallest absolute Gasteiger partial charge is 0.203 e. The van der Waals surface area contributed by atoms with Crippen molar-refractivity contribution in [1.29, 1.82) is 0 Å². The molecule has 0 amide bonds. The predicted octanol–water partition coefficient (Wildman–Crippen LogP) is 2.80. The number of hydrogen-bond donors (Lipinski definition) is 1. The molecule has 19 heavy (non-hydrogen) atoms. The van der Waals surface area contributed by atoms with Crippen LogP contribution in [0.25, 0.3) is 0 Å². The summed E-state index contributed by atoms with van der Waals surface area (Å²) in [4.78, 5) is 0. The van der Waals surface area contributed by atoms with Gasteiger partial charge < -0.3 is 19.9 Å². The quantitative estimate of drug-likeness (QED) is 0.883. The maximum absolute atomic E-state index is 5.81.